The molecule has 5 aliphatic heterocycles. The van der Waals surface area contributed by atoms with Crippen LogP contribution in [0.15, 0.2) is 60.7 Å². The normalized spacial score (nSPS) is 18.2. The Morgan fingerprint density at radius 2 is 1.66 bits per heavy atom. The van der Waals surface area contributed by atoms with E-state index in [2.05, 4.69) is 34.6 Å². The van der Waals surface area contributed by atoms with Crippen molar-refractivity contribution in [3.63, 3.8) is 0 Å². The van der Waals surface area contributed by atoms with Gasteiger partial charge in [-0.3, -0.25) is 9.59 Å². The fourth-order valence-corrected chi connectivity index (χ4v) is 5.88. The summed E-state index contributed by atoms with van der Waals surface area (Å²) in [4.78, 5) is 27.2. The lowest BCUT2D eigenvalue weighted by molar-refractivity contribution is -0.137. The van der Waals surface area contributed by atoms with E-state index in [1.807, 2.05) is 46.0 Å². The molecule has 6 heterocycles. The van der Waals surface area contributed by atoms with Crippen molar-refractivity contribution in [2.75, 3.05) is 6.54 Å². The molecule has 0 spiro atoms. The van der Waals surface area contributed by atoms with Gasteiger partial charge in [0.1, 0.15) is 5.52 Å². The Kier molecular flexibility index (Phi) is 6.66. The minimum atomic E-state index is -0.849. The number of rotatable bonds is 2. The predicted octanol–water partition coefficient (Wildman–Crippen LogP) is 5.35. The molecule has 1 aromatic heterocycles. The molecule has 0 saturated heterocycles. The Balaban J connectivity index is 1.39. The summed E-state index contributed by atoms with van der Waals surface area (Å²) in [6.45, 7) is 2.02. The number of carboxylic acid groups (broad SMARTS) is 1. The van der Waals surface area contributed by atoms with Crippen LogP contribution >= 0.6 is 0 Å². The topological polar surface area (TPSA) is 88.3 Å². The van der Waals surface area contributed by atoms with Gasteiger partial charge in [0.05, 0.1) is 11.9 Å². The zero-order valence-corrected chi connectivity index (χ0v) is 21.5. The summed E-state index contributed by atoms with van der Waals surface area (Å²) in [6.07, 6.45) is 6.18. The lowest BCUT2D eigenvalue weighted by Crippen LogP contribution is -2.36. The van der Waals surface area contributed by atoms with Gasteiger partial charge in [0.25, 0.3) is 5.91 Å². The molecule has 4 aromatic rings. The second-order valence-corrected chi connectivity index (χ2v) is 10.6. The predicted molar refractivity (Wildman–Crippen MR) is 145 cm³/mol. The van der Waals surface area contributed by atoms with E-state index in [1.165, 1.54) is 11.1 Å². The first-order chi connectivity index (χ1) is 18.5. The molecule has 1 amide bonds. The van der Waals surface area contributed by atoms with Crippen LogP contribution in [0.3, 0.4) is 0 Å². The van der Waals surface area contributed by atoms with Gasteiger partial charge in [-0.1, -0.05) is 54.5 Å². The lowest BCUT2D eigenvalue weighted by atomic mass is 9.85. The van der Waals surface area contributed by atoms with E-state index < -0.39 is 5.97 Å². The number of carboxylic acids is 1. The number of aryl methyl sites for hydroxylation is 2. The molecule has 194 valence electrons. The average molecular weight is 509 g/mol. The first kappa shape index (κ1) is 24.3. The number of aromatic nitrogens is 3. The van der Waals surface area contributed by atoms with Crippen molar-refractivity contribution in [3.8, 4) is 0 Å². The Morgan fingerprint density at radius 1 is 0.868 bits per heavy atom. The standard InChI is InChI=1S/C31H32N4O3/c36-30(37)19-27-24-11-10-22-14-16-34(20-26(22)17-24)31(38)23-8-6-21(7-9-23)5-3-1-2-4-15-35-29-13-12-25(27)18-28(29)32-33-35/h6-13,17-18,27H,1-5,14-16,19-20H2,(H,36,37). The molecule has 1 N–H and O–H groups in total. The van der Waals surface area contributed by atoms with Gasteiger partial charge in [0, 0.05) is 31.1 Å². The maximum Gasteiger partial charge on any atom is 0.304 e. The number of carbonyl (C=O) groups is 2. The van der Waals surface area contributed by atoms with Crippen LogP contribution in [0.2, 0.25) is 0 Å². The van der Waals surface area contributed by atoms with Crippen LogP contribution in [0, 0.1) is 0 Å². The van der Waals surface area contributed by atoms with Crippen LogP contribution < -0.4 is 0 Å². The fourth-order valence-electron chi connectivity index (χ4n) is 5.88. The van der Waals surface area contributed by atoms with Gasteiger partial charge < -0.3 is 10.0 Å². The smallest absolute Gasteiger partial charge is 0.304 e. The van der Waals surface area contributed by atoms with Crippen molar-refractivity contribution >= 4 is 22.9 Å². The molecule has 0 fully saturated rings. The Morgan fingerprint density at radius 3 is 2.50 bits per heavy atom. The maximum atomic E-state index is 13.3. The zero-order chi connectivity index (χ0) is 26.1. The van der Waals surface area contributed by atoms with Crippen LogP contribution in [-0.2, 0) is 30.7 Å². The second-order valence-electron chi connectivity index (χ2n) is 10.6. The third kappa shape index (κ3) is 4.93. The molecule has 5 aliphatic rings. The van der Waals surface area contributed by atoms with Gasteiger partial charge in [-0.05, 0) is 77.8 Å². The van der Waals surface area contributed by atoms with Crippen molar-refractivity contribution in [3.05, 3.63) is 94.0 Å². The summed E-state index contributed by atoms with van der Waals surface area (Å²) < 4.78 is 1.96. The lowest BCUT2D eigenvalue weighted by Gasteiger charge is -2.30. The summed E-state index contributed by atoms with van der Waals surface area (Å²) in [7, 11) is 0. The fraction of sp³-hybridized carbons (Fsp3) is 0.355. The number of aliphatic carboxylic acids is 1. The van der Waals surface area contributed by atoms with E-state index >= 15 is 0 Å². The van der Waals surface area contributed by atoms with E-state index in [1.54, 1.807) is 0 Å². The molecule has 7 nitrogen and oxygen atoms in total. The quantitative estimate of drug-likeness (QED) is 0.394. The molecular formula is C31H32N4O3. The third-order valence-electron chi connectivity index (χ3n) is 8.04. The summed E-state index contributed by atoms with van der Waals surface area (Å²) in [6, 6.07) is 20.3. The molecule has 1 unspecified atom stereocenters. The number of nitrogens with zero attached hydrogens (tertiary/aromatic N) is 4. The number of carbonyl (C=O) groups excluding carboxylic acids is 1. The van der Waals surface area contributed by atoms with Crippen molar-refractivity contribution in [1.29, 1.82) is 0 Å². The number of benzene rings is 3. The minimum Gasteiger partial charge on any atom is -0.481 e. The second kappa shape index (κ2) is 10.4. The van der Waals surface area contributed by atoms with Crippen molar-refractivity contribution in [2.24, 2.45) is 0 Å². The van der Waals surface area contributed by atoms with Gasteiger partial charge in [0.2, 0.25) is 0 Å². The Bertz CT molecular complexity index is 1490. The van der Waals surface area contributed by atoms with Gasteiger partial charge in [0.15, 0.2) is 0 Å². The van der Waals surface area contributed by atoms with E-state index in [0.717, 1.165) is 78.4 Å². The van der Waals surface area contributed by atoms with E-state index in [9.17, 15) is 14.7 Å². The number of hydrogen-bond donors (Lipinski definition) is 1. The number of amides is 1. The molecule has 9 bridgehead atoms. The molecule has 0 radical (unpaired) electrons. The first-order valence-electron chi connectivity index (χ1n) is 13.6. The van der Waals surface area contributed by atoms with E-state index in [0.29, 0.717) is 13.1 Å². The molecular weight excluding hydrogens is 476 g/mol. The highest BCUT2D eigenvalue weighted by atomic mass is 16.4. The van der Waals surface area contributed by atoms with Gasteiger partial charge in [-0.25, -0.2) is 4.68 Å². The summed E-state index contributed by atoms with van der Waals surface area (Å²) in [5, 5.41) is 18.6. The number of hydrogen-bond acceptors (Lipinski definition) is 4. The third-order valence-corrected chi connectivity index (χ3v) is 8.04. The van der Waals surface area contributed by atoms with Crippen LogP contribution in [0.4, 0.5) is 0 Å². The van der Waals surface area contributed by atoms with Crippen LogP contribution in [0.1, 0.15) is 76.2 Å². The molecule has 1 atom stereocenters. The average Bonchev–Trinajstić information content (AvgIpc) is 3.34. The highest BCUT2D eigenvalue weighted by Crippen LogP contribution is 2.33. The summed E-state index contributed by atoms with van der Waals surface area (Å²) >= 11 is 0. The van der Waals surface area contributed by atoms with Gasteiger partial charge >= 0.3 is 5.97 Å². The molecule has 7 heteroatoms. The molecule has 0 aliphatic carbocycles. The van der Waals surface area contributed by atoms with E-state index in [-0.39, 0.29) is 18.2 Å². The molecule has 3 aromatic carbocycles. The zero-order valence-electron chi connectivity index (χ0n) is 21.5. The largest absolute Gasteiger partial charge is 0.481 e. The summed E-state index contributed by atoms with van der Waals surface area (Å²) in [5.41, 5.74) is 7.91. The SMILES string of the molecule is O=C(O)CC1c2ccc3c(c2)CN(CC3)C(=O)c2ccc(cc2)CCCCCCn2nnc3cc1ccc32. The molecule has 0 saturated carbocycles. The Labute approximate surface area is 222 Å². The van der Waals surface area contributed by atoms with Gasteiger partial charge in [-0.2, -0.15) is 0 Å². The molecule has 9 rings (SSSR count). The summed E-state index contributed by atoms with van der Waals surface area (Å²) in [5.74, 6) is -1.12. The van der Waals surface area contributed by atoms with Crippen LogP contribution in [0.25, 0.3) is 11.0 Å². The first-order valence-corrected chi connectivity index (χ1v) is 13.6. The van der Waals surface area contributed by atoms with Crippen molar-refractivity contribution < 1.29 is 14.7 Å². The highest BCUT2D eigenvalue weighted by molar-refractivity contribution is 5.94. The Hall–Kier alpha value is -4.00. The monoisotopic (exact) mass is 508 g/mol. The highest BCUT2D eigenvalue weighted by Gasteiger charge is 2.25. The molecule has 38 heavy (non-hydrogen) atoms. The van der Waals surface area contributed by atoms with Crippen LogP contribution in [-0.4, -0.2) is 43.4 Å². The van der Waals surface area contributed by atoms with Gasteiger partial charge in [-0.15, -0.1) is 5.10 Å². The van der Waals surface area contributed by atoms with Crippen molar-refractivity contribution in [2.45, 2.75) is 64.0 Å². The van der Waals surface area contributed by atoms with E-state index in [4.69, 9.17) is 0 Å². The van der Waals surface area contributed by atoms with Crippen molar-refractivity contribution in [1.82, 2.24) is 19.9 Å². The minimum absolute atomic E-state index is 0.0204. The van der Waals surface area contributed by atoms with Crippen LogP contribution in [0.5, 0.6) is 0 Å². The maximum absolute atomic E-state index is 13.3.